The molecule has 2 unspecified atom stereocenters. The van der Waals surface area contributed by atoms with Gasteiger partial charge >= 0.3 is 0 Å². The number of aldehydes is 1. The molecule has 1 aliphatic heterocycles. The van der Waals surface area contributed by atoms with Gasteiger partial charge in [0, 0.05) is 0 Å². The molecule has 1 saturated heterocycles. The van der Waals surface area contributed by atoms with Crippen molar-refractivity contribution in [3.63, 3.8) is 0 Å². The number of hydrogen-bond donors (Lipinski definition) is 0. The highest BCUT2D eigenvalue weighted by molar-refractivity contribution is 5.58. The lowest BCUT2D eigenvalue weighted by Crippen LogP contribution is -2.29. The zero-order valence-corrected chi connectivity index (χ0v) is 6.00. The molecule has 0 N–H and O–H groups in total. The van der Waals surface area contributed by atoms with Gasteiger partial charge < -0.3 is 4.79 Å². The molecule has 0 spiro atoms. The minimum Gasteiger partial charge on any atom is -0.302 e. The number of hydrogen-bond acceptors (Lipinski definition) is 2. The highest BCUT2D eigenvalue weighted by atomic mass is 16.1. The van der Waals surface area contributed by atoms with Crippen LogP contribution in [0.5, 0.6) is 0 Å². The summed E-state index contributed by atoms with van der Waals surface area (Å²) in [5, 5.41) is 0. The van der Waals surface area contributed by atoms with E-state index in [0.717, 1.165) is 12.8 Å². The van der Waals surface area contributed by atoms with E-state index in [0.29, 0.717) is 5.92 Å². The molecule has 0 amide bonds. The van der Waals surface area contributed by atoms with Crippen LogP contribution in [-0.4, -0.2) is 30.8 Å². The molecule has 0 aromatic heterocycles. The Kier molecular flexibility index (Phi) is 1.86. The summed E-state index contributed by atoms with van der Waals surface area (Å²) in [6.07, 6.45) is 2.22. The van der Waals surface area contributed by atoms with E-state index in [4.69, 9.17) is 0 Å². The topological polar surface area (TPSA) is 20.3 Å². The predicted octanol–water partition coefficient (Wildman–Crippen LogP) is 0.526. The molecule has 1 aliphatic rings. The number of carbonyl (C=O) groups is 1. The average molecular weight is 127 g/mol. The Hall–Kier alpha value is -0.370. The predicted molar refractivity (Wildman–Crippen MR) is 36.3 cm³/mol. The van der Waals surface area contributed by atoms with Crippen molar-refractivity contribution in [1.29, 1.82) is 0 Å². The van der Waals surface area contributed by atoms with Crippen LogP contribution in [0.25, 0.3) is 0 Å². The minimum atomic E-state index is 0.185. The Labute approximate surface area is 55.8 Å². The highest BCUT2D eigenvalue weighted by Gasteiger charge is 2.27. The second-order valence-electron chi connectivity index (χ2n) is 2.87. The lowest BCUT2D eigenvalue weighted by Gasteiger charge is -2.14. The Morgan fingerprint density at radius 1 is 1.67 bits per heavy atom. The monoisotopic (exact) mass is 127 g/mol. The van der Waals surface area contributed by atoms with Crippen LogP contribution in [0.1, 0.15) is 13.3 Å². The fraction of sp³-hybridized carbons (Fsp3) is 0.857. The third kappa shape index (κ3) is 1.13. The first-order valence-corrected chi connectivity index (χ1v) is 3.41. The molecular weight excluding hydrogens is 114 g/mol. The molecule has 52 valence electrons. The molecule has 0 radical (unpaired) electrons. The number of rotatable bonds is 1. The Morgan fingerprint density at radius 3 is 2.56 bits per heavy atom. The van der Waals surface area contributed by atoms with E-state index in [2.05, 4.69) is 11.8 Å². The maximum Gasteiger partial charge on any atom is 0.137 e. The third-order valence-corrected chi connectivity index (χ3v) is 2.17. The SMILES string of the molecule is CC1CCN(C)C1C=O. The minimum absolute atomic E-state index is 0.185. The second-order valence-corrected chi connectivity index (χ2v) is 2.87. The average Bonchev–Trinajstić information content (AvgIpc) is 2.12. The van der Waals surface area contributed by atoms with Crippen molar-refractivity contribution in [2.75, 3.05) is 13.6 Å². The van der Waals surface area contributed by atoms with Crippen LogP contribution in [-0.2, 0) is 4.79 Å². The van der Waals surface area contributed by atoms with Gasteiger partial charge in [-0.25, -0.2) is 0 Å². The zero-order chi connectivity index (χ0) is 6.85. The molecule has 2 heteroatoms. The summed E-state index contributed by atoms with van der Waals surface area (Å²) < 4.78 is 0. The van der Waals surface area contributed by atoms with Crippen LogP contribution < -0.4 is 0 Å². The highest BCUT2D eigenvalue weighted by Crippen LogP contribution is 2.19. The van der Waals surface area contributed by atoms with Crippen molar-refractivity contribution in [2.45, 2.75) is 19.4 Å². The molecule has 0 aliphatic carbocycles. The molecule has 9 heavy (non-hydrogen) atoms. The van der Waals surface area contributed by atoms with E-state index in [1.54, 1.807) is 0 Å². The molecule has 2 nitrogen and oxygen atoms in total. The first-order chi connectivity index (χ1) is 4.25. The van der Waals surface area contributed by atoms with Gasteiger partial charge in [-0.3, -0.25) is 4.90 Å². The maximum atomic E-state index is 10.4. The molecule has 1 heterocycles. The zero-order valence-electron chi connectivity index (χ0n) is 6.00. The lowest BCUT2D eigenvalue weighted by molar-refractivity contribution is -0.112. The summed E-state index contributed by atoms with van der Waals surface area (Å²) in [5.74, 6) is 0.562. The molecule has 0 saturated carbocycles. The maximum absolute atomic E-state index is 10.4. The van der Waals surface area contributed by atoms with Gasteiger partial charge in [0.2, 0.25) is 0 Å². The smallest absolute Gasteiger partial charge is 0.137 e. The van der Waals surface area contributed by atoms with E-state index >= 15 is 0 Å². The molecule has 0 aromatic rings. The van der Waals surface area contributed by atoms with Crippen molar-refractivity contribution in [1.82, 2.24) is 4.90 Å². The molecule has 1 fully saturated rings. The van der Waals surface area contributed by atoms with Gasteiger partial charge in [-0.2, -0.15) is 0 Å². The van der Waals surface area contributed by atoms with Crippen LogP contribution in [0.15, 0.2) is 0 Å². The molecule has 0 bridgehead atoms. The number of nitrogens with zero attached hydrogens (tertiary/aromatic N) is 1. The quantitative estimate of drug-likeness (QED) is 0.479. The number of carbonyl (C=O) groups excluding carboxylic acids is 1. The Balaban J connectivity index is 2.54. The molecular formula is C7H13NO. The standard InChI is InChI=1S/C7H13NO/c1-6-3-4-8(2)7(6)5-9/h5-7H,3-4H2,1-2H3. The lowest BCUT2D eigenvalue weighted by atomic mass is 10.1. The molecule has 0 aromatic carbocycles. The van der Waals surface area contributed by atoms with Gasteiger partial charge in [0.15, 0.2) is 0 Å². The largest absolute Gasteiger partial charge is 0.302 e. The van der Waals surface area contributed by atoms with E-state index < -0.39 is 0 Å². The summed E-state index contributed by atoms with van der Waals surface area (Å²) in [6, 6.07) is 0.185. The number of likely N-dealkylation sites (N-methyl/N-ethyl adjacent to an activating group) is 1. The van der Waals surface area contributed by atoms with E-state index in [1.807, 2.05) is 7.05 Å². The van der Waals surface area contributed by atoms with E-state index in [-0.39, 0.29) is 6.04 Å². The van der Waals surface area contributed by atoms with E-state index in [9.17, 15) is 4.79 Å². The fourth-order valence-corrected chi connectivity index (χ4v) is 1.40. The molecule has 1 rings (SSSR count). The Bertz CT molecular complexity index is 103. The van der Waals surface area contributed by atoms with Crippen molar-refractivity contribution < 1.29 is 4.79 Å². The van der Waals surface area contributed by atoms with E-state index in [1.165, 1.54) is 6.42 Å². The first kappa shape index (κ1) is 6.75. The molecule has 2 atom stereocenters. The number of likely N-dealkylation sites (tertiary alicyclic amines) is 1. The van der Waals surface area contributed by atoms with Crippen LogP contribution in [0, 0.1) is 5.92 Å². The third-order valence-electron chi connectivity index (χ3n) is 2.17. The summed E-state index contributed by atoms with van der Waals surface area (Å²) in [5.41, 5.74) is 0. The van der Waals surface area contributed by atoms with Gasteiger partial charge in [-0.1, -0.05) is 6.92 Å². The van der Waals surface area contributed by atoms with Crippen LogP contribution in [0.2, 0.25) is 0 Å². The van der Waals surface area contributed by atoms with Gasteiger partial charge in [0.1, 0.15) is 6.29 Å². The second kappa shape index (κ2) is 2.48. The van der Waals surface area contributed by atoms with Crippen LogP contribution in [0.4, 0.5) is 0 Å². The summed E-state index contributed by atoms with van der Waals surface area (Å²) in [4.78, 5) is 12.5. The summed E-state index contributed by atoms with van der Waals surface area (Å²) in [6.45, 7) is 3.20. The van der Waals surface area contributed by atoms with Gasteiger partial charge in [-0.15, -0.1) is 0 Å². The summed E-state index contributed by atoms with van der Waals surface area (Å²) in [7, 11) is 2.00. The van der Waals surface area contributed by atoms with Crippen molar-refractivity contribution in [3.05, 3.63) is 0 Å². The normalized spacial score (nSPS) is 37.1. The first-order valence-electron chi connectivity index (χ1n) is 3.41. The van der Waals surface area contributed by atoms with Crippen molar-refractivity contribution >= 4 is 6.29 Å². The van der Waals surface area contributed by atoms with Crippen LogP contribution in [0.3, 0.4) is 0 Å². The van der Waals surface area contributed by atoms with Crippen LogP contribution >= 0.6 is 0 Å². The summed E-state index contributed by atoms with van der Waals surface area (Å²) >= 11 is 0. The van der Waals surface area contributed by atoms with Gasteiger partial charge in [0.25, 0.3) is 0 Å². The van der Waals surface area contributed by atoms with Gasteiger partial charge in [-0.05, 0) is 25.9 Å². The van der Waals surface area contributed by atoms with Gasteiger partial charge in [0.05, 0.1) is 6.04 Å². The fourth-order valence-electron chi connectivity index (χ4n) is 1.40. The van der Waals surface area contributed by atoms with Crippen molar-refractivity contribution in [3.8, 4) is 0 Å². The van der Waals surface area contributed by atoms with Crippen molar-refractivity contribution in [2.24, 2.45) is 5.92 Å². The Morgan fingerprint density at radius 2 is 2.33 bits per heavy atom.